The van der Waals surface area contributed by atoms with Gasteiger partial charge in [0.1, 0.15) is 16.8 Å². The van der Waals surface area contributed by atoms with E-state index in [4.69, 9.17) is 14.2 Å². The van der Waals surface area contributed by atoms with E-state index in [1.807, 2.05) is 23.6 Å². The number of thiazole rings is 1. The number of ketones is 1. The highest BCUT2D eigenvalue weighted by Gasteiger charge is 2.16. The van der Waals surface area contributed by atoms with Crippen molar-refractivity contribution in [2.45, 2.75) is 0 Å². The zero-order chi connectivity index (χ0) is 25.8. The minimum atomic E-state index is -0.552. The summed E-state index contributed by atoms with van der Waals surface area (Å²) < 4.78 is 16.3. The van der Waals surface area contributed by atoms with E-state index in [0.29, 0.717) is 27.8 Å². The number of ether oxygens (including phenoxy) is 3. The highest BCUT2D eigenvalue weighted by atomic mass is 32.1. The van der Waals surface area contributed by atoms with E-state index in [0.717, 1.165) is 16.8 Å². The molecule has 0 N–H and O–H groups in total. The van der Waals surface area contributed by atoms with Gasteiger partial charge < -0.3 is 14.2 Å². The normalized spacial score (nSPS) is 12.1. The third-order valence-corrected chi connectivity index (χ3v) is 6.34. The molecular weight excluding hydrogens is 494 g/mol. The zero-order valence-electron chi connectivity index (χ0n) is 19.1. The topological polar surface area (TPSA) is 125 Å². The van der Waals surface area contributed by atoms with Gasteiger partial charge in [-0.25, -0.2) is 4.98 Å². The largest absolute Gasteiger partial charge is 0.485 e. The van der Waals surface area contributed by atoms with Gasteiger partial charge in [0.15, 0.2) is 23.9 Å². The highest BCUT2D eigenvalue weighted by Crippen LogP contribution is 2.36. The molecule has 0 bridgehead atoms. The smallest absolute Gasteiger partial charge is 0.270 e. The van der Waals surface area contributed by atoms with Gasteiger partial charge in [0, 0.05) is 28.6 Å². The monoisotopic (exact) mass is 511 g/mol. The van der Waals surface area contributed by atoms with E-state index in [2.05, 4.69) is 11.1 Å². The molecule has 0 unspecified atom stereocenters. The molecule has 1 aliphatic rings. The second-order valence-corrected chi connectivity index (χ2v) is 8.72. The number of carbonyl (C=O) groups excluding carboxylic acids is 1. The Morgan fingerprint density at radius 2 is 1.95 bits per heavy atom. The average molecular weight is 512 g/mol. The molecule has 0 aliphatic carbocycles. The van der Waals surface area contributed by atoms with E-state index in [9.17, 15) is 20.2 Å². The lowest BCUT2D eigenvalue weighted by Gasteiger charge is -2.06. The number of nitrogens with zero attached hydrogens (tertiary/aromatic N) is 3. The van der Waals surface area contributed by atoms with Crippen LogP contribution >= 0.6 is 11.3 Å². The molecule has 2 heterocycles. The molecule has 0 atom stereocenters. The van der Waals surface area contributed by atoms with Gasteiger partial charge in [-0.3, -0.25) is 14.9 Å². The molecule has 0 amide bonds. The van der Waals surface area contributed by atoms with Crippen LogP contribution in [0.4, 0.5) is 5.69 Å². The highest BCUT2D eigenvalue weighted by molar-refractivity contribution is 7.11. The zero-order valence-corrected chi connectivity index (χ0v) is 19.9. The minimum absolute atomic E-state index is 0.154. The van der Waals surface area contributed by atoms with Gasteiger partial charge in [0.25, 0.3) is 5.69 Å². The molecule has 3 aromatic carbocycles. The number of benzene rings is 3. The first kappa shape index (κ1) is 23.7. The van der Waals surface area contributed by atoms with Gasteiger partial charge in [-0.1, -0.05) is 24.3 Å². The van der Waals surface area contributed by atoms with E-state index >= 15 is 0 Å². The summed E-state index contributed by atoms with van der Waals surface area (Å²) in [7, 11) is 0. The second-order valence-electron chi connectivity index (χ2n) is 7.86. The Morgan fingerprint density at radius 1 is 1.14 bits per heavy atom. The third-order valence-electron chi connectivity index (χ3n) is 5.46. The Bertz CT molecular complexity index is 1570. The van der Waals surface area contributed by atoms with Crippen LogP contribution < -0.4 is 14.2 Å². The lowest BCUT2D eigenvalue weighted by molar-refractivity contribution is -0.384. The summed E-state index contributed by atoms with van der Waals surface area (Å²) in [5, 5.41) is 23.1. The molecule has 9 nitrogen and oxygen atoms in total. The van der Waals surface area contributed by atoms with Crippen LogP contribution in [0.25, 0.3) is 22.9 Å². The summed E-state index contributed by atoms with van der Waals surface area (Å²) in [6.07, 6.45) is 1.72. The fraction of sp³-hybridized carbons (Fsp3) is 0.0741. The lowest BCUT2D eigenvalue weighted by atomic mass is 10.1. The number of hydrogen-bond donors (Lipinski definition) is 0. The molecule has 0 radical (unpaired) electrons. The summed E-state index contributed by atoms with van der Waals surface area (Å²) in [5.41, 5.74) is 2.82. The number of fused-ring (bicyclic) bond motifs is 1. The molecule has 0 fully saturated rings. The first-order chi connectivity index (χ1) is 18.0. The van der Waals surface area contributed by atoms with Gasteiger partial charge >= 0.3 is 0 Å². The van der Waals surface area contributed by atoms with Crippen molar-refractivity contribution in [3.63, 3.8) is 0 Å². The van der Waals surface area contributed by atoms with Gasteiger partial charge in [-0.05, 0) is 42.0 Å². The summed E-state index contributed by atoms with van der Waals surface area (Å²) >= 11 is 1.37. The van der Waals surface area contributed by atoms with Crippen molar-refractivity contribution in [2.75, 3.05) is 13.4 Å². The molecule has 1 aromatic heterocycles. The minimum Gasteiger partial charge on any atom is -0.485 e. The molecule has 0 saturated heterocycles. The maximum atomic E-state index is 12.3. The summed E-state index contributed by atoms with van der Waals surface area (Å²) in [6.45, 7) is -0.0675. The Balaban J connectivity index is 1.25. The number of nitro benzene ring substituents is 1. The van der Waals surface area contributed by atoms with Crippen LogP contribution in [0, 0.1) is 21.4 Å². The fourth-order valence-corrected chi connectivity index (χ4v) is 4.37. The number of hydrogen-bond acceptors (Lipinski definition) is 9. The molecule has 1 aliphatic heterocycles. The molecule has 5 rings (SSSR count). The Kier molecular flexibility index (Phi) is 6.61. The van der Waals surface area contributed by atoms with Gasteiger partial charge in [-0.2, -0.15) is 5.26 Å². The van der Waals surface area contributed by atoms with Crippen molar-refractivity contribution in [1.29, 1.82) is 5.26 Å². The van der Waals surface area contributed by atoms with Crippen LogP contribution in [-0.2, 0) is 0 Å². The predicted molar refractivity (Wildman–Crippen MR) is 137 cm³/mol. The maximum Gasteiger partial charge on any atom is 0.270 e. The fourth-order valence-electron chi connectivity index (χ4n) is 3.58. The molecule has 4 aromatic rings. The van der Waals surface area contributed by atoms with Crippen LogP contribution in [0.3, 0.4) is 0 Å². The van der Waals surface area contributed by atoms with E-state index < -0.39 is 4.92 Å². The van der Waals surface area contributed by atoms with Crippen LogP contribution in [0.5, 0.6) is 17.2 Å². The van der Waals surface area contributed by atoms with Crippen molar-refractivity contribution in [3.8, 4) is 34.6 Å². The van der Waals surface area contributed by atoms with Crippen LogP contribution in [-0.4, -0.2) is 29.1 Å². The number of carbonyl (C=O) groups is 1. The van der Waals surface area contributed by atoms with Crippen molar-refractivity contribution in [1.82, 2.24) is 4.98 Å². The van der Waals surface area contributed by atoms with E-state index in [1.54, 1.807) is 30.3 Å². The quantitative estimate of drug-likeness (QED) is 0.126. The number of allylic oxidation sites excluding steroid dienone is 1. The lowest BCUT2D eigenvalue weighted by Crippen LogP contribution is -2.11. The van der Waals surface area contributed by atoms with Gasteiger partial charge in [0.2, 0.25) is 6.79 Å². The molecule has 182 valence electrons. The summed E-state index contributed by atoms with van der Waals surface area (Å²) in [4.78, 5) is 27.3. The van der Waals surface area contributed by atoms with Crippen LogP contribution in [0.15, 0.2) is 72.1 Å². The number of non-ortho nitro benzene ring substituents is 1. The summed E-state index contributed by atoms with van der Waals surface area (Å²) in [6, 6.07) is 20.2. The SMILES string of the molecule is N#CC(=Cc1ccc(OCC(=O)c2cccc([N+](=O)[O-])c2)cc1)c1nc(-c2ccc3c(c2)OCO3)cs1. The van der Waals surface area contributed by atoms with Crippen LogP contribution in [0.2, 0.25) is 0 Å². The van der Waals surface area contributed by atoms with E-state index in [1.165, 1.54) is 35.6 Å². The van der Waals surface area contributed by atoms with Crippen LogP contribution in [0.1, 0.15) is 20.9 Å². The number of aromatic nitrogens is 1. The third kappa shape index (κ3) is 5.32. The Labute approximate surface area is 215 Å². The van der Waals surface area contributed by atoms with E-state index in [-0.39, 0.29) is 30.4 Å². The number of rotatable bonds is 8. The van der Waals surface area contributed by atoms with Gasteiger partial charge in [-0.15, -0.1) is 11.3 Å². The Hall–Kier alpha value is -5.01. The van der Waals surface area contributed by atoms with Crippen molar-refractivity contribution in [3.05, 3.63) is 98.4 Å². The molecule has 0 saturated carbocycles. The number of nitriles is 1. The standard InChI is InChI=1S/C27H17N3O6S/c28-13-20(27-29-23(15-37-27)18-6-9-25-26(12-18)36-16-35-25)10-17-4-7-22(8-5-17)34-14-24(31)19-2-1-3-21(11-19)30(32)33/h1-12,15H,14,16H2. The first-order valence-corrected chi connectivity index (χ1v) is 11.9. The Morgan fingerprint density at radius 3 is 2.73 bits per heavy atom. The predicted octanol–water partition coefficient (Wildman–Crippen LogP) is 5.77. The number of Topliss-reactive ketones (excluding diaryl/α,β-unsaturated/α-hetero) is 1. The van der Waals surface area contributed by atoms with Crippen molar-refractivity contribution in [2.24, 2.45) is 0 Å². The molecular formula is C27H17N3O6S. The molecule has 37 heavy (non-hydrogen) atoms. The van der Waals surface area contributed by atoms with Crippen molar-refractivity contribution >= 4 is 34.5 Å². The van der Waals surface area contributed by atoms with Crippen molar-refractivity contribution < 1.29 is 23.9 Å². The molecule has 0 spiro atoms. The second kappa shape index (κ2) is 10.3. The average Bonchev–Trinajstić information content (AvgIpc) is 3.60. The summed E-state index contributed by atoms with van der Waals surface area (Å²) in [5.74, 6) is 1.44. The first-order valence-electron chi connectivity index (χ1n) is 11.0. The number of nitro groups is 1. The maximum absolute atomic E-state index is 12.3. The molecule has 10 heteroatoms. The van der Waals surface area contributed by atoms with Gasteiger partial charge in [0.05, 0.1) is 16.2 Å².